The minimum atomic E-state index is -4.75. The van der Waals surface area contributed by atoms with E-state index in [2.05, 4.69) is 42.2 Å². The summed E-state index contributed by atoms with van der Waals surface area (Å²) in [6, 6.07) is 10.8. The molecule has 0 unspecified atom stereocenters. The molecule has 0 aliphatic carbocycles. The molecule has 206 valence electrons. The second-order valence-corrected chi connectivity index (χ2v) is 11.7. The number of rotatable bonds is 12. The Balaban J connectivity index is 1.93. The normalized spacial score (nSPS) is 11.8. The number of carbonyl (C=O) groups is 1. The second-order valence-electron chi connectivity index (χ2n) is 8.12. The van der Waals surface area contributed by atoms with E-state index in [9.17, 15) is 26.4 Å². The van der Waals surface area contributed by atoms with Gasteiger partial charge in [-0.2, -0.15) is 13.2 Å². The summed E-state index contributed by atoms with van der Waals surface area (Å²) in [6.07, 6.45) is -0.641. The molecule has 0 saturated carbocycles. The molecule has 1 amide bonds. The largest absolute Gasteiger partial charge is 0.495 e. The predicted octanol–water partition coefficient (Wildman–Crippen LogP) is 6.60. The molecule has 0 bridgehead atoms. The molecule has 2 N–H and O–H groups in total. The number of nitrogens with zero attached hydrogens (tertiary/aromatic N) is 2. The van der Waals surface area contributed by atoms with E-state index >= 15 is 0 Å². The van der Waals surface area contributed by atoms with E-state index in [1.54, 1.807) is 24.3 Å². The van der Waals surface area contributed by atoms with Crippen LogP contribution in [0.25, 0.3) is 0 Å². The topological polar surface area (TPSA) is 104 Å². The van der Waals surface area contributed by atoms with Gasteiger partial charge in [0.1, 0.15) is 16.3 Å². The molecule has 0 aliphatic rings. The lowest BCUT2D eigenvalue weighted by Crippen LogP contribution is -2.32. The second kappa shape index (κ2) is 13.0. The van der Waals surface area contributed by atoms with E-state index in [1.165, 1.54) is 29.6 Å². The summed E-state index contributed by atoms with van der Waals surface area (Å²) in [5.74, 6) is -2.19. The highest BCUT2D eigenvalue weighted by Crippen LogP contribution is 2.33. The molecule has 38 heavy (non-hydrogen) atoms. The molecule has 2 aromatic carbocycles. The Morgan fingerprint density at radius 1 is 1.11 bits per heavy atom. The Hall–Kier alpha value is -2.58. The van der Waals surface area contributed by atoms with Crippen molar-refractivity contribution in [2.24, 2.45) is 0 Å². The van der Waals surface area contributed by atoms with Crippen molar-refractivity contribution in [2.45, 2.75) is 36.8 Å². The van der Waals surface area contributed by atoms with Gasteiger partial charge in [-0.05, 0) is 55.3 Å². The number of hydrogen-bond acceptors (Lipinski definition) is 5. The summed E-state index contributed by atoms with van der Waals surface area (Å²) < 4.78 is 73.7. The number of aromatic amines is 1. The molecule has 0 radical (unpaired) electrons. The molecule has 8 nitrogen and oxygen atoms in total. The van der Waals surface area contributed by atoms with Gasteiger partial charge in [-0.25, -0.2) is 13.4 Å². The van der Waals surface area contributed by atoms with E-state index in [1.807, 2.05) is 4.98 Å². The van der Waals surface area contributed by atoms with Gasteiger partial charge in [-0.15, -0.1) is 0 Å². The van der Waals surface area contributed by atoms with Crippen LogP contribution in [0.2, 0.25) is 0 Å². The summed E-state index contributed by atoms with van der Waals surface area (Å²) in [4.78, 5) is 17.4. The maximum absolute atomic E-state index is 13.9. The number of nitrogens with one attached hydrogen (secondary N) is 2. The van der Waals surface area contributed by atoms with Crippen molar-refractivity contribution < 1.29 is 31.1 Å². The lowest BCUT2D eigenvalue weighted by molar-refractivity contribution is -0.144. The molecule has 3 rings (SSSR count). The van der Waals surface area contributed by atoms with Crippen LogP contribution >= 0.6 is 31.9 Å². The van der Waals surface area contributed by atoms with Crippen LogP contribution < -0.4 is 14.4 Å². The number of aromatic nitrogens is 2. The molecule has 0 fully saturated rings. The number of alkyl halides is 4. The lowest BCUT2D eigenvalue weighted by atomic mass is 10.2. The number of carbonyl (C=O) groups excluding carboxylic acids is 1. The Labute approximate surface area is 235 Å². The molecule has 3 aromatic rings. The average molecular weight is 682 g/mol. The fourth-order valence-electron chi connectivity index (χ4n) is 3.55. The first-order valence-corrected chi connectivity index (χ1v) is 14.8. The number of ether oxygens (including phenoxy) is 1. The van der Waals surface area contributed by atoms with Crippen LogP contribution in [0.5, 0.6) is 5.75 Å². The number of imidazole rings is 1. The van der Waals surface area contributed by atoms with Gasteiger partial charge < -0.3 is 15.0 Å². The smallest absolute Gasteiger partial charge is 0.449 e. The highest BCUT2D eigenvalue weighted by atomic mass is 79.9. The van der Waals surface area contributed by atoms with E-state index in [0.717, 1.165) is 35.3 Å². The number of halogens is 5. The van der Waals surface area contributed by atoms with Crippen LogP contribution in [0.3, 0.4) is 0 Å². The van der Waals surface area contributed by atoms with Crippen molar-refractivity contribution >= 4 is 59.2 Å². The van der Waals surface area contributed by atoms with E-state index in [-0.39, 0.29) is 22.9 Å². The SMILES string of the molecule is COc1ccc(NC(=O)c2cnc(C(F)(F)F)[nH]2)cc1S(=O)(=O)N(CCCCCCBr)c1ccc(Br)cc1. The van der Waals surface area contributed by atoms with Crippen molar-refractivity contribution in [1.29, 1.82) is 0 Å². The molecule has 0 saturated heterocycles. The highest BCUT2D eigenvalue weighted by molar-refractivity contribution is 9.10. The maximum atomic E-state index is 13.9. The number of H-pyrrole nitrogens is 1. The summed E-state index contributed by atoms with van der Waals surface area (Å²) in [7, 11) is -2.86. The molecule has 0 atom stereocenters. The van der Waals surface area contributed by atoms with E-state index < -0.39 is 33.6 Å². The minimum absolute atomic E-state index is 0.0466. The lowest BCUT2D eigenvalue weighted by Gasteiger charge is -2.26. The monoisotopic (exact) mass is 680 g/mol. The van der Waals surface area contributed by atoms with Gasteiger partial charge >= 0.3 is 6.18 Å². The van der Waals surface area contributed by atoms with Crippen LogP contribution in [0.4, 0.5) is 24.5 Å². The molecular formula is C24H25Br2F3N4O4S. The average Bonchev–Trinajstić information content (AvgIpc) is 3.38. The van der Waals surface area contributed by atoms with Crippen molar-refractivity contribution in [3.8, 4) is 5.75 Å². The zero-order valence-corrected chi connectivity index (χ0v) is 24.2. The molecular weight excluding hydrogens is 657 g/mol. The number of sulfonamides is 1. The zero-order chi connectivity index (χ0) is 27.9. The number of amides is 1. The quantitative estimate of drug-likeness (QED) is 0.166. The van der Waals surface area contributed by atoms with Gasteiger partial charge in [0.15, 0.2) is 0 Å². The van der Waals surface area contributed by atoms with E-state index in [0.29, 0.717) is 12.1 Å². The molecule has 1 aromatic heterocycles. The Kier molecular flexibility index (Phi) is 10.2. The van der Waals surface area contributed by atoms with Crippen molar-refractivity contribution in [3.63, 3.8) is 0 Å². The number of benzene rings is 2. The fraction of sp³-hybridized carbons (Fsp3) is 0.333. The zero-order valence-electron chi connectivity index (χ0n) is 20.2. The van der Waals surface area contributed by atoms with Gasteiger partial charge in [-0.3, -0.25) is 9.10 Å². The number of hydrogen-bond donors (Lipinski definition) is 2. The maximum Gasteiger partial charge on any atom is 0.449 e. The van der Waals surface area contributed by atoms with Gasteiger partial charge in [0.25, 0.3) is 15.9 Å². The molecule has 14 heteroatoms. The summed E-state index contributed by atoms with van der Waals surface area (Å²) >= 11 is 6.75. The van der Waals surface area contributed by atoms with Crippen molar-refractivity contribution in [1.82, 2.24) is 9.97 Å². The first-order chi connectivity index (χ1) is 18.0. The third kappa shape index (κ3) is 7.50. The van der Waals surface area contributed by atoms with Gasteiger partial charge in [0.05, 0.1) is 19.0 Å². The Morgan fingerprint density at radius 2 is 1.79 bits per heavy atom. The van der Waals surface area contributed by atoms with Crippen molar-refractivity contribution in [2.75, 3.05) is 28.6 Å². The van der Waals surface area contributed by atoms with Crippen LogP contribution in [0.1, 0.15) is 42.0 Å². The van der Waals surface area contributed by atoms with Crippen LogP contribution in [-0.4, -0.2) is 43.3 Å². The van der Waals surface area contributed by atoms with E-state index in [4.69, 9.17) is 4.74 Å². The number of methoxy groups -OCH3 is 1. The van der Waals surface area contributed by atoms with Crippen LogP contribution in [0, 0.1) is 0 Å². The third-order valence-corrected chi connectivity index (χ3v) is 8.38. The third-order valence-electron chi connectivity index (χ3n) is 5.44. The Bertz CT molecular complexity index is 1350. The molecule has 0 spiro atoms. The molecule has 0 aliphatic heterocycles. The van der Waals surface area contributed by atoms with Gasteiger partial charge in [0.2, 0.25) is 5.82 Å². The van der Waals surface area contributed by atoms with Gasteiger partial charge in [-0.1, -0.05) is 44.7 Å². The standard InChI is InChI=1S/C24H25Br2F3N4O4S/c1-37-20-11-8-17(31-22(34)19-15-30-23(32-19)24(27,28)29)14-21(20)38(35,36)33(13-5-3-2-4-12-25)18-9-6-16(26)7-10-18/h6-11,14-15H,2-5,12-13H2,1H3,(H,30,32)(H,31,34). The fourth-order valence-corrected chi connectivity index (χ4v) is 5.90. The van der Waals surface area contributed by atoms with Crippen molar-refractivity contribution in [3.05, 3.63) is 64.7 Å². The van der Waals surface area contributed by atoms with Crippen LogP contribution in [0.15, 0.2) is 58.0 Å². The minimum Gasteiger partial charge on any atom is -0.495 e. The van der Waals surface area contributed by atoms with Crippen LogP contribution in [-0.2, 0) is 16.2 Å². The summed E-state index contributed by atoms with van der Waals surface area (Å²) in [6.45, 7) is 0.209. The van der Waals surface area contributed by atoms with Gasteiger partial charge in [0, 0.05) is 22.0 Å². The first-order valence-electron chi connectivity index (χ1n) is 11.4. The number of unbranched alkanes of at least 4 members (excludes halogenated alkanes) is 3. The Morgan fingerprint density at radius 3 is 2.39 bits per heavy atom. The highest BCUT2D eigenvalue weighted by Gasteiger charge is 2.35. The summed E-state index contributed by atoms with van der Waals surface area (Å²) in [5.41, 5.74) is 0.0606. The first kappa shape index (κ1) is 30.0. The molecule has 1 heterocycles. The summed E-state index contributed by atoms with van der Waals surface area (Å²) in [5, 5.41) is 3.28. The number of anilines is 2. The predicted molar refractivity (Wildman–Crippen MR) is 145 cm³/mol.